The summed E-state index contributed by atoms with van der Waals surface area (Å²) in [6.45, 7) is 0. The van der Waals surface area contributed by atoms with Crippen molar-refractivity contribution >= 4 is 23.3 Å². The zero-order valence-corrected chi connectivity index (χ0v) is 12.4. The second-order valence-corrected chi connectivity index (χ2v) is 4.62. The van der Waals surface area contributed by atoms with E-state index in [1.807, 2.05) is 0 Å². The monoisotopic (exact) mass is 336 g/mol. The Morgan fingerprint density at radius 1 is 1.04 bits per heavy atom. The molecule has 0 aliphatic heterocycles. The molecule has 10 nitrogen and oxygen atoms in total. The van der Waals surface area contributed by atoms with E-state index in [2.05, 4.69) is 10.5 Å². The average Bonchev–Trinajstić information content (AvgIpc) is 2.61. The molecule has 0 saturated heterocycles. The van der Waals surface area contributed by atoms with Crippen LogP contribution in [0.5, 0.6) is 0 Å². The molecule has 1 N–H and O–H groups in total. The molecule has 0 aromatic heterocycles. The first kappa shape index (κ1) is 17.1. The van der Waals surface area contributed by atoms with Gasteiger partial charge in [0.15, 0.2) is 0 Å². The van der Waals surface area contributed by atoms with Crippen molar-refractivity contribution in [3.05, 3.63) is 73.3 Å². The van der Waals surface area contributed by atoms with Gasteiger partial charge in [0.2, 0.25) is 0 Å². The number of benzene rings is 2. The Morgan fingerprint density at radius 2 is 1.72 bits per heavy atom. The van der Waals surface area contributed by atoms with Gasteiger partial charge in [-0.2, -0.15) is 15.6 Å². The lowest BCUT2D eigenvalue weighted by atomic mass is 10.1. The normalized spacial score (nSPS) is 10.0. The maximum absolute atomic E-state index is 11.1. The van der Waals surface area contributed by atoms with E-state index < -0.39 is 15.5 Å². The molecule has 2 aromatic carbocycles. The summed E-state index contributed by atoms with van der Waals surface area (Å²) in [6, 6.07) is 11.2. The summed E-state index contributed by atoms with van der Waals surface area (Å²) in [5.41, 5.74) is 2.02. The molecule has 0 bridgehead atoms. The summed E-state index contributed by atoms with van der Waals surface area (Å²) in [4.78, 5) is 20.5. The van der Waals surface area contributed by atoms with Gasteiger partial charge in [-0.25, -0.2) is 0 Å². The number of non-ortho nitro benzene ring substituents is 1. The van der Waals surface area contributed by atoms with Gasteiger partial charge in [-0.05, 0) is 6.07 Å². The first-order chi connectivity index (χ1) is 12.0. The number of rotatable bonds is 5. The van der Waals surface area contributed by atoms with Crippen LogP contribution in [0, 0.1) is 42.9 Å². The van der Waals surface area contributed by atoms with Crippen LogP contribution in [0.3, 0.4) is 0 Å². The first-order valence-electron chi connectivity index (χ1n) is 6.62. The fourth-order valence-electron chi connectivity index (χ4n) is 1.91. The van der Waals surface area contributed by atoms with E-state index in [1.54, 1.807) is 18.2 Å². The molecule has 122 valence electrons. The smallest absolute Gasteiger partial charge is 0.272 e. The van der Waals surface area contributed by atoms with Crippen LogP contribution in [-0.2, 0) is 0 Å². The summed E-state index contributed by atoms with van der Waals surface area (Å²) in [6.07, 6.45) is 1.24. The minimum Gasteiger partial charge on any atom is -0.272 e. The number of nitro groups is 2. The van der Waals surface area contributed by atoms with Gasteiger partial charge in [0.25, 0.3) is 11.4 Å². The summed E-state index contributed by atoms with van der Waals surface area (Å²) in [5, 5.41) is 43.5. The van der Waals surface area contributed by atoms with Crippen molar-refractivity contribution in [2.45, 2.75) is 0 Å². The molecule has 0 aliphatic carbocycles. The van der Waals surface area contributed by atoms with E-state index in [0.717, 1.165) is 12.1 Å². The van der Waals surface area contributed by atoms with Crippen LogP contribution in [0.1, 0.15) is 16.7 Å². The van der Waals surface area contributed by atoms with Crippen molar-refractivity contribution in [1.29, 1.82) is 10.5 Å². The molecule has 0 aliphatic rings. The molecule has 0 atom stereocenters. The second kappa shape index (κ2) is 7.30. The lowest BCUT2D eigenvalue weighted by molar-refractivity contribution is -0.384. The van der Waals surface area contributed by atoms with Crippen LogP contribution < -0.4 is 5.43 Å². The van der Waals surface area contributed by atoms with Gasteiger partial charge in [0.1, 0.15) is 17.8 Å². The van der Waals surface area contributed by atoms with Gasteiger partial charge in [-0.1, -0.05) is 12.1 Å². The topological polar surface area (TPSA) is 158 Å². The predicted octanol–water partition coefficient (Wildman–Crippen LogP) is 2.69. The Bertz CT molecular complexity index is 971. The minimum atomic E-state index is -0.715. The molecular formula is C15H8N6O4. The Hall–Kier alpha value is -4.31. The largest absolute Gasteiger partial charge is 0.295 e. The van der Waals surface area contributed by atoms with Gasteiger partial charge >= 0.3 is 0 Å². The first-order valence-corrected chi connectivity index (χ1v) is 6.62. The van der Waals surface area contributed by atoms with E-state index in [0.29, 0.717) is 5.56 Å². The summed E-state index contributed by atoms with van der Waals surface area (Å²) < 4.78 is 0. The molecular weight excluding hydrogens is 328 g/mol. The lowest BCUT2D eigenvalue weighted by Crippen LogP contribution is -1.99. The number of anilines is 1. The van der Waals surface area contributed by atoms with E-state index in [4.69, 9.17) is 10.5 Å². The quantitative estimate of drug-likeness (QED) is 0.499. The second-order valence-electron chi connectivity index (χ2n) is 4.62. The standard InChI is InChI=1S/C15H8N6O4/c16-7-11-5-14(15(21(24)25)6-12(11)8-17)19-18-9-10-2-1-3-13(4-10)20(22)23/h1-6,9,19H/b18-9+. The van der Waals surface area contributed by atoms with Gasteiger partial charge in [-0.15, -0.1) is 0 Å². The molecule has 0 radical (unpaired) electrons. The van der Waals surface area contributed by atoms with E-state index in [1.165, 1.54) is 24.4 Å². The fourth-order valence-corrected chi connectivity index (χ4v) is 1.91. The zero-order chi connectivity index (χ0) is 18.4. The van der Waals surface area contributed by atoms with Crippen molar-refractivity contribution in [3.63, 3.8) is 0 Å². The number of nitrogens with zero attached hydrogens (tertiary/aromatic N) is 5. The van der Waals surface area contributed by atoms with Gasteiger partial charge < -0.3 is 0 Å². The number of hydrazone groups is 1. The van der Waals surface area contributed by atoms with Crippen LogP contribution in [0.4, 0.5) is 17.1 Å². The SMILES string of the molecule is N#Cc1cc(N/N=C/c2cccc([N+](=O)[O-])c2)c([N+](=O)[O-])cc1C#N. The highest BCUT2D eigenvalue weighted by molar-refractivity contribution is 5.81. The maximum Gasteiger partial charge on any atom is 0.295 e. The molecule has 10 heteroatoms. The number of hydrogen-bond donors (Lipinski definition) is 1. The fraction of sp³-hybridized carbons (Fsp3) is 0. The van der Waals surface area contributed by atoms with E-state index in [-0.39, 0.29) is 22.5 Å². The Morgan fingerprint density at radius 3 is 2.32 bits per heavy atom. The number of nitriles is 2. The number of nitro benzene ring substituents is 2. The van der Waals surface area contributed by atoms with Gasteiger partial charge in [0, 0.05) is 23.8 Å². The minimum absolute atomic E-state index is 0.0406. The zero-order valence-electron chi connectivity index (χ0n) is 12.4. The van der Waals surface area contributed by atoms with Gasteiger partial charge in [0.05, 0.1) is 27.2 Å². The molecule has 2 aromatic rings. The molecule has 0 unspecified atom stereocenters. The summed E-state index contributed by atoms with van der Waals surface area (Å²) >= 11 is 0. The molecule has 0 saturated carbocycles. The van der Waals surface area contributed by atoms with Crippen LogP contribution in [-0.4, -0.2) is 16.1 Å². The third-order valence-electron chi connectivity index (χ3n) is 3.05. The lowest BCUT2D eigenvalue weighted by Gasteiger charge is -2.04. The Kier molecular flexibility index (Phi) is 4.98. The van der Waals surface area contributed by atoms with Crippen molar-refractivity contribution in [1.82, 2.24) is 0 Å². The van der Waals surface area contributed by atoms with Crippen LogP contribution in [0.2, 0.25) is 0 Å². The van der Waals surface area contributed by atoms with Crippen molar-refractivity contribution in [3.8, 4) is 12.1 Å². The third kappa shape index (κ3) is 3.91. The highest BCUT2D eigenvalue weighted by atomic mass is 16.6. The van der Waals surface area contributed by atoms with Gasteiger partial charge in [-0.3, -0.25) is 25.7 Å². The van der Waals surface area contributed by atoms with E-state index in [9.17, 15) is 20.2 Å². The molecule has 0 heterocycles. The summed E-state index contributed by atoms with van der Waals surface area (Å²) in [7, 11) is 0. The number of nitrogens with one attached hydrogen (secondary N) is 1. The predicted molar refractivity (Wildman–Crippen MR) is 86.8 cm³/mol. The van der Waals surface area contributed by atoms with E-state index >= 15 is 0 Å². The Balaban J connectivity index is 2.33. The van der Waals surface area contributed by atoms with Crippen LogP contribution >= 0.6 is 0 Å². The highest BCUT2D eigenvalue weighted by Gasteiger charge is 2.18. The third-order valence-corrected chi connectivity index (χ3v) is 3.05. The molecule has 2 rings (SSSR count). The molecule has 25 heavy (non-hydrogen) atoms. The number of hydrogen-bond acceptors (Lipinski definition) is 8. The molecule has 0 spiro atoms. The van der Waals surface area contributed by atoms with Crippen LogP contribution in [0.25, 0.3) is 0 Å². The van der Waals surface area contributed by atoms with Crippen LogP contribution in [0.15, 0.2) is 41.5 Å². The van der Waals surface area contributed by atoms with Crippen molar-refractivity contribution in [2.24, 2.45) is 5.10 Å². The maximum atomic E-state index is 11.1. The highest BCUT2D eigenvalue weighted by Crippen LogP contribution is 2.28. The van der Waals surface area contributed by atoms with Crippen molar-refractivity contribution in [2.75, 3.05) is 5.43 Å². The average molecular weight is 336 g/mol. The van der Waals surface area contributed by atoms with Crippen molar-refractivity contribution < 1.29 is 9.85 Å². The molecule has 0 amide bonds. The summed E-state index contributed by atoms with van der Waals surface area (Å²) in [5.74, 6) is 0. The Labute approximate surface area is 140 Å². The molecule has 0 fully saturated rings.